The number of benzene rings is 2. The maximum atomic E-state index is 5.89. The second-order valence-electron chi connectivity index (χ2n) is 4.33. The molecule has 0 aliphatic rings. The molecule has 0 fully saturated rings. The van der Waals surface area contributed by atoms with Crippen molar-refractivity contribution in [3.8, 4) is 5.75 Å². The summed E-state index contributed by atoms with van der Waals surface area (Å²) in [6.45, 7) is 0.843. The molecule has 0 spiro atoms. The molecule has 0 aliphatic carbocycles. The average Bonchev–Trinajstić information content (AvgIpc) is 2.84. The fraction of sp³-hybridized carbons (Fsp3) is 0.125. The lowest BCUT2D eigenvalue weighted by Crippen LogP contribution is -2.00. The Hall–Kier alpha value is -2.26. The van der Waals surface area contributed by atoms with Crippen LogP contribution in [-0.2, 0) is 13.2 Å². The number of hydrogen-bond acceptors (Lipinski definition) is 3. The van der Waals surface area contributed by atoms with Gasteiger partial charge in [-0.3, -0.25) is 0 Å². The van der Waals surface area contributed by atoms with Gasteiger partial charge in [-0.2, -0.15) is 0 Å². The topological polar surface area (TPSA) is 48.4 Å². The highest BCUT2D eigenvalue weighted by Gasteiger charge is 2.13. The van der Waals surface area contributed by atoms with E-state index in [4.69, 9.17) is 14.9 Å². The quantitative estimate of drug-likeness (QED) is 0.774. The first-order chi connectivity index (χ1) is 9.38. The smallest absolute Gasteiger partial charge is 0.170 e. The summed E-state index contributed by atoms with van der Waals surface area (Å²) in [5.74, 6) is 1.44. The van der Waals surface area contributed by atoms with Crippen LogP contribution in [-0.4, -0.2) is 0 Å². The van der Waals surface area contributed by atoms with Crippen molar-refractivity contribution < 1.29 is 9.15 Å². The second-order valence-corrected chi connectivity index (χ2v) is 4.33. The Morgan fingerprint density at radius 3 is 2.47 bits per heavy atom. The zero-order chi connectivity index (χ0) is 13.1. The molecule has 0 unspecified atom stereocenters. The van der Waals surface area contributed by atoms with Gasteiger partial charge in [-0.25, -0.2) is 0 Å². The zero-order valence-corrected chi connectivity index (χ0v) is 10.5. The van der Waals surface area contributed by atoms with Crippen molar-refractivity contribution in [2.45, 2.75) is 13.2 Å². The number of para-hydroxylation sites is 1. The monoisotopic (exact) mass is 253 g/mol. The van der Waals surface area contributed by atoms with E-state index in [0.29, 0.717) is 18.9 Å². The normalized spacial score (nSPS) is 10.8. The third-order valence-electron chi connectivity index (χ3n) is 3.03. The molecule has 0 bridgehead atoms. The van der Waals surface area contributed by atoms with E-state index in [9.17, 15) is 0 Å². The van der Waals surface area contributed by atoms with E-state index in [1.165, 1.54) is 0 Å². The van der Waals surface area contributed by atoms with E-state index in [1.807, 2.05) is 54.6 Å². The Morgan fingerprint density at radius 1 is 0.947 bits per heavy atom. The Kier molecular flexibility index (Phi) is 3.21. The molecular weight excluding hydrogens is 238 g/mol. The summed E-state index contributed by atoms with van der Waals surface area (Å²) < 4.78 is 11.6. The number of furan rings is 1. The maximum absolute atomic E-state index is 5.89. The third kappa shape index (κ3) is 2.33. The van der Waals surface area contributed by atoms with E-state index in [1.54, 1.807) is 0 Å². The standard InChI is InChI=1S/C16H15NO2/c17-10-15-16(13-8-4-5-9-14(13)19-15)18-11-12-6-2-1-3-7-12/h1-9H,10-11,17H2. The Bertz CT molecular complexity index is 674. The van der Waals surface area contributed by atoms with Crippen LogP contribution < -0.4 is 10.5 Å². The van der Waals surface area contributed by atoms with E-state index in [0.717, 1.165) is 22.3 Å². The maximum Gasteiger partial charge on any atom is 0.170 e. The molecule has 0 amide bonds. The molecule has 3 rings (SSSR count). The number of rotatable bonds is 4. The lowest BCUT2D eigenvalue weighted by molar-refractivity contribution is 0.299. The summed E-state index contributed by atoms with van der Waals surface area (Å²) in [5, 5.41) is 0.971. The first-order valence-corrected chi connectivity index (χ1v) is 6.25. The molecular formula is C16H15NO2. The first-order valence-electron chi connectivity index (χ1n) is 6.25. The predicted molar refractivity (Wildman–Crippen MR) is 74.9 cm³/mol. The summed E-state index contributed by atoms with van der Waals surface area (Å²) in [7, 11) is 0. The summed E-state index contributed by atoms with van der Waals surface area (Å²) in [5.41, 5.74) is 7.64. The third-order valence-corrected chi connectivity index (χ3v) is 3.03. The van der Waals surface area contributed by atoms with Crippen LogP contribution in [0.15, 0.2) is 59.0 Å². The lowest BCUT2D eigenvalue weighted by Gasteiger charge is -2.06. The Labute approximate surface area is 111 Å². The Balaban J connectivity index is 1.91. The minimum atomic E-state index is 0.332. The van der Waals surface area contributed by atoms with Crippen molar-refractivity contribution in [2.24, 2.45) is 5.73 Å². The van der Waals surface area contributed by atoms with Gasteiger partial charge in [0.1, 0.15) is 12.2 Å². The molecule has 1 aromatic heterocycles. The van der Waals surface area contributed by atoms with Crippen LogP contribution in [0.3, 0.4) is 0 Å². The molecule has 1 heterocycles. The molecule has 19 heavy (non-hydrogen) atoms. The van der Waals surface area contributed by atoms with Crippen LogP contribution in [0.25, 0.3) is 11.0 Å². The molecule has 0 aliphatic heterocycles. The van der Waals surface area contributed by atoms with Crippen molar-refractivity contribution in [3.05, 3.63) is 65.9 Å². The number of ether oxygens (including phenoxy) is 1. The second kappa shape index (κ2) is 5.16. The van der Waals surface area contributed by atoms with Gasteiger partial charge >= 0.3 is 0 Å². The van der Waals surface area contributed by atoms with E-state index in [-0.39, 0.29) is 0 Å². The van der Waals surface area contributed by atoms with Gasteiger partial charge in [0.05, 0.1) is 11.9 Å². The molecule has 0 atom stereocenters. The van der Waals surface area contributed by atoms with Gasteiger partial charge in [0.25, 0.3) is 0 Å². The molecule has 3 aromatic rings. The van der Waals surface area contributed by atoms with Crippen molar-refractivity contribution in [2.75, 3.05) is 0 Å². The number of hydrogen-bond donors (Lipinski definition) is 1. The van der Waals surface area contributed by atoms with E-state index < -0.39 is 0 Å². The van der Waals surface area contributed by atoms with Gasteiger partial charge in [-0.05, 0) is 17.7 Å². The van der Waals surface area contributed by atoms with Crippen molar-refractivity contribution in [3.63, 3.8) is 0 Å². The highest BCUT2D eigenvalue weighted by Crippen LogP contribution is 2.33. The fourth-order valence-electron chi connectivity index (χ4n) is 2.09. The summed E-state index contributed by atoms with van der Waals surface area (Å²) in [4.78, 5) is 0. The largest absolute Gasteiger partial charge is 0.485 e. The number of fused-ring (bicyclic) bond motifs is 1. The molecule has 2 aromatic carbocycles. The van der Waals surface area contributed by atoms with Crippen LogP contribution in [0.2, 0.25) is 0 Å². The van der Waals surface area contributed by atoms with Gasteiger partial charge in [-0.15, -0.1) is 0 Å². The van der Waals surface area contributed by atoms with E-state index in [2.05, 4.69) is 0 Å². The predicted octanol–water partition coefficient (Wildman–Crippen LogP) is 3.47. The molecule has 3 heteroatoms. The molecule has 0 radical (unpaired) electrons. The van der Waals surface area contributed by atoms with Gasteiger partial charge in [0.15, 0.2) is 11.5 Å². The summed E-state index contributed by atoms with van der Waals surface area (Å²) >= 11 is 0. The van der Waals surface area contributed by atoms with Crippen molar-refractivity contribution in [1.82, 2.24) is 0 Å². The summed E-state index contributed by atoms with van der Waals surface area (Å²) in [6.07, 6.45) is 0. The van der Waals surface area contributed by atoms with Crippen LogP contribution >= 0.6 is 0 Å². The van der Waals surface area contributed by atoms with Gasteiger partial charge < -0.3 is 14.9 Å². The zero-order valence-electron chi connectivity index (χ0n) is 10.5. The van der Waals surface area contributed by atoms with Crippen LogP contribution in [0.4, 0.5) is 0 Å². The molecule has 3 nitrogen and oxygen atoms in total. The molecule has 0 saturated carbocycles. The van der Waals surface area contributed by atoms with E-state index >= 15 is 0 Å². The SMILES string of the molecule is NCc1oc2ccccc2c1OCc1ccccc1. The highest BCUT2D eigenvalue weighted by atomic mass is 16.5. The number of nitrogens with two attached hydrogens (primary N) is 1. The molecule has 0 saturated heterocycles. The highest BCUT2D eigenvalue weighted by molar-refractivity contribution is 5.85. The average molecular weight is 253 g/mol. The van der Waals surface area contributed by atoms with Gasteiger partial charge in [-0.1, -0.05) is 42.5 Å². The summed E-state index contributed by atoms with van der Waals surface area (Å²) in [6, 6.07) is 17.9. The molecule has 96 valence electrons. The van der Waals surface area contributed by atoms with Crippen molar-refractivity contribution in [1.29, 1.82) is 0 Å². The van der Waals surface area contributed by atoms with Crippen LogP contribution in [0.5, 0.6) is 5.75 Å². The minimum absolute atomic E-state index is 0.332. The van der Waals surface area contributed by atoms with Crippen LogP contribution in [0, 0.1) is 0 Å². The van der Waals surface area contributed by atoms with Crippen LogP contribution in [0.1, 0.15) is 11.3 Å². The Morgan fingerprint density at radius 2 is 1.68 bits per heavy atom. The lowest BCUT2D eigenvalue weighted by atomic mass is 10.2. The fourth-order valence-corrected chi connectivity index (χ4v) is 2.09. The van der Waals surface area contributed by atoms with Crippen molar-refractivity contribution >= 4 is 11.0 Å². The van der Waals surface area contributed by atoms with Gasteiger partial charge in [0.2, 0.25) is 0 Å². The molecule has 2 N–H and O–H groups in total. The van der Waals surface area contributed by atoms with Gasteiger partial charge in [0, 0.05) is 0 Å². The minimum Gasteiger partial charge on any atom is -0.485 e. The first kappa shape index (κ1) is 11.8.